The first-order valence-electron chi connectivity index (χ1n) is 7.07. The number of benzene rings is 1. The molecule has 0 saturated carbocycles. The Morgan fingerprint density at radius 2 is 2.19 bits per heavy atom. The van der Waals surface area contributed by atoms with Crippen LogP contribution in [0.2, 0.25) is 0 Å². The molecule has 0 bridgehead atoms. The highest BCUT2D eigenvalue weighted by atomic mass is 32.2. The fourth-order valence-corrected chi connectivity index (χ4v) is 3.93. The van der Waals surface area contributed by atoms with Crippen LogP contribution >= 0.6 is 11.8 Å². The van der Waals surface area contributed by atoms with Crippen LogP contribution in [0.15, 0.2) is 47.5 Å². The minimum absolute atomic E-state index is 0.0887. The maximum Gasteiger partial charge on any atom is 0.136 e. The predicted octanol–water partition coefficient (Wildman–Crippen LogP) is 2.87. The molecule has 2 atom stereocenters. The van der Waals surface area contributed by atoms with Gasteiger partial charge < -0.3 is 0 Å². The van der Waals surface area contributed by atoms with Crippen molar-refractivity contribution in [3.63, 3.8) is 0 Å². The minimum atomic E-state index is -0.178. The van der Waals surface area contributed by atoms with Crippen molar-refractivity contribution in [2.75, 3.05) is 5.75 Å². The maximum atomic E-state index is 13.7. The molecule has 3 nitrogen and oxygen atoms in total. The molecule has 110 valence electrons. The molecule has 0 fully saturated rings. The van der Waals surface area contributed by atoms with E-state index in [-0.39, 0.29) is 11.9 Å². The number of fused-ring (bicyclic) bond motifs is 1. The van der Waals surface area contributed by atoms with Crippen molar-refractivity contribution in [3.05, 3.63) is 59.7 Å². The predicted molar refractivity (Wildman–Crippen MR) is 83.5 cm³/mol. The van der Waals surface area contributed by atoms with Crippen LogP contribution in [-0.2, 0) is 6.42 Å². The van der Waals surface area contributed by atoms with Gasteiger partial charge in [-0.2, -0.15) is 0 Å². The lowest BCUT2D eigenvalue weighted by Crippen LogP contribution is -2.41. The number of rotatable bonds is 5. The van der Waals surface area contributed by atoms with Crippen LogP contribution in [-0.4, -0.2) is 16.8 Å². The van der Waals surface area contributed by atoms with Crippen LogP contribution in [0.4, 0.5) is 4.39 Å². The van der Waals surface area contributed by atoms with Gasteiger partial charge in [-0.15, -0.1) is 11.8 Å². The zero-order chi connectivity index (χ0) is 14.7. The summed E-state index contributed by atoms with van der Waals surface area (Å²) in [5.74, 6) is 6.57. The van der Waals surface area contributed by atoms with E-state index in [1.54, 1.807) is 12.1 Å². The van der Waals surface area contributed by atoms with Gasteiger partial charge in [0.25, 0.3) is 0 Å². The molecule has 3 N–H and O–H groups in total. The van der Waals surface area contributed by atoms with Crippen molar-refractivity contribution in [1.82, 2.24) is 10.4 Å². The third-order valence-corrected chi connectivity index (χ3v) is 5.12. The summed E-state index contributed by atoms with van der Waals surface area (Å²) in [6, 6.07) is 11.0. The van der Waals surface area contributed by atoms with Gasteiger partial charge >= 0.3 is 0 Å². The van der Waals surface area contributed by atoms with Crippen molar-refractivity contribution >= 4 is 11.8 Å². The van der Waals surface area contributed by atoms with E-state index in [4.69, 9.17) is 5.84 Å². The molecule has 5 heteroatoms. The maximum absolute atomic E-state index is 13.7. The second-order valence-electron chi connectivity index (χ2n) is 5.21. The summed E-state index contributed by atoms with van der Waals surface area (Å²) >= 11 is 1.50. The number of nitrogens with zero attached hydrogens (tertiary/aromatic N) is 1. The highest BCUT2D eigenvalue weighted by molar-refractivity contribution is 7.99. The largest absolute Gasteiger partial charge is 0.271 e. The Morgan fingerprint density at radius 3 is 3.00 bits per heavy atom. The Labute approximate surface area is 128 Å². The molecule has 2 unspecified atom stereocenters. The van der Waals surface area contributed by atoms with Crippen LogP contribution in [0.5, 0.6) is 0 Å². The van der Waals surface area contributed by atoms with E-state index in [1.807, 2.05) is 18.3 Å². The third kappa shape index (κ3) is 3.10. The SMILES string of the molecule is NNC(CSc1ccccc1F)C1CCc2cccnc21. The van der Waals surface area contributed by atoms with Gasteiger partial charge in [-0.05, 0) is 36.6 Å². The van der Waals surface area contributed by atoms with E-state index in [2.05, 4.69) is 16.5 Å². The molecule has 3 rings (SSSR count). The van der Waals surface area contributed by atoms with Gasteiger partial charge in [-0.1, -0.05) is 18.2 Å². The van der Waals surface area contributed by atoms with E-state index in [9.17, 15) is 4.39 Å². The first-order valence-corrected chi connectivity index (χ1v) is 8.05. The van der Waals surface area contributed by atoms with Crippen LogP contribution in [0.25, 0.3) is 0 Å². The smallest absolute Gasteiger partial charge is 0.136 e. The summed E-state index contributed by atoms with van der Waals surface area (Å²) in [5.41, 5.74) is 5.33. The number of nitrogens with two attached hydrogens (primary N) is 1. The molecule has 0 radical (unpaired) electrons. The van der Waals surface area contributed by atoms with E-state index in [1.165, 1.54) is 23.4 Å². The fourth-order valence-electron chi connectivity index (χ4n) is 2.86. The van der Waals surface area contributed by atoms with Gasteiger partial charge in [-0.3, -0.25) is 16.3 Å². The second-order valence-corrected chi connectivity index (χ2v) is 6.27. The molecule has 1 aliphatic carbocycles. The average Bonchev–Trinajstić information content (AvgIpc) is 2.94. The van der Waals surface area contributed by atoms with Crippen molar-refractivity contribution < 1.29 is 4.39 Å². The zero-order valence-corrected chi connectivity index (χ0v) is 12.4. The number of nitrogens with one attached hydrogen (secondary N) is 1. The van der Waals surface area contributed by atoms with Crippen LogP contribution in [0.1, 0.15) is 23.6 Å². The number of aryl methyl sites for hydroxylation is 1. The lowest BCUT2D eigenvalue weighted by Gasteiger charge is -2.22. The number of hydrogen-bond acceptors (Lipinski definition) is 4. The number of hydrazine groups is 1. The van der Waals surface area contributed by atoms with E-state index in [0.717, 1.165) is 24.3 Å². The van der Waals surface area contributed by atoms with Crippen molar-refractivity contribution in [3.8, 4) is 0 Å². The highest BCUT2D eigenvalue weighted by Gasteiger charge is 2.30. The quantitative estimate of drug-likeness (QED) is 0.506. The zero-order valence-electron chi connectivity index (χ0n) is 11.6. The Balaban J connectivity index is 1.71. The average molecular weight is 303 g/mol. The van der Waals surface area contributed by atoms with Gasteiger partial charge in [0.05, 0.1) is 0 Å². The third-order valence-electron chi connectivity index (χ3n) is 3.96. The van der Waals surface area contributed by atoms with Crippen LogP contribution < -0.4 is 11.3 Å². The topological polar surface area (TPSA) is 50.9 Å². The summed E-state index contributed by atoms with van der Waals surface area (Å²) < 4.78 is 13.7. The molecule has 1 heterocycles. The number of thioether (sulfide) groups is 1. The molecule has 0 amide bonds. The number of halogens is 1. The standard InChI is InChI=1S/C16H18FN3S/c17-13-5-1-2-6-15(13)21-10-14(20-18)12-8-7-11-4-3-9-19-16(11)12/h1-6,9,12,14,20H,7-8,10,18H2. The van der Waals surface area contributed by atoms with E-state index >= 15 is 0 Å². The molecule has 0 aliphatic heterocycles. The normalized spacial score (nSPS) is 18.5. The second kappa shape index (κ2) is 6.56. The minimum Gasteiger partial charge on any atom is -0.271 e. The molecule has 0 spiro atoms. The Kier molecular flexibility index (Phi) is 4.53. The number of aromatic nitrogens is 1. The molecular weight excluding hydrogens is 285 g/mol. The first-order chi connectivity index (χ1) is 10.3. The van der Waals surface area contributed by atoms with Crippen molar-refractivity contribution in [2.24, 2.45) is 5.84 Å². The Morgan fingerprint density at radius 1 is 1.33 bits per heavy atom. The van der Waals surface area contributed by atoms with Gasteiger partial charge in [0, 0.05) is 34.5 Å². The van der Waals surface area contributed by atoms with Gasteiger partial charge in [0.1, 0.15) is 5.82 Å². The molecule has 0 saturated heterocycles. The number of hydrogen-bond donors (Lipinski definition) is 2. The lowest BCUT2D eigenvalue weighted by atomic mass is 9.99. The van der Waals surface area contributed by atoms with Gasteiger partial charge in [0.15, 0.2) is 0 Å². The Bertz CT molecular complexity index is 620. The van der Waals surface area contributed by atoms with Crippen LogP contribution in [0.3, 0.4) is 0 Å². The fraction of sp³-hybridized carbons (Fsp3) is 0.312. The molecule has 1 aromatic carbocycles. The summed E-state index contributed by atoms with van der Waals surface area (Å²) in [4.78, 5) is 5.17. The van der Waals surface area contributed by atoms with Crippen molar-refractivity contribution in [1.29, 1.82) is 0 Å². The molecule has 21 heavy (non-hydrogen) atoms. The van der Waals surface area contributed by atoms with E-state index < -0.39 is 0 Å². The number of pyridine rings is 1. The molecular formula is C16H18FN3S. The highest BCUT2D eigenvalue weighted by Crippen LogP contribution is 2.35. The molecule has 1 aliphatic rings. The lowest BCUT2D eigenvalue weighted by molar-refractivity contribution is 0.468. The summed E-state index contributed by atoms with van der Waals surface area (Å²) in [6.07, 6.45) is 3.91. The summed E-state index contributed by atoms with van der Waals surface area (Å²) in [5, 5.41) is 0. The first kappa shape index (κ1) is 14.5. The van der Waals surface area contributed by atoms with Crippen molar-refractivity contribution in [2.45, 2.75) is 29.7 Å². The monoisotopic (exact) mass is 303 g/mol. The molecule has 2 aromatic rings. The van der Waals surface area contributed by atoms with E-state index in [0.29, 0.717) is 10.8 Å². The van der Waals surface area contributed by atoms with Gasteiger partial charge in [0.2, 0.25) is 0 Å². The van der Waals surface area contributed by atoms with Crippen LogP contribution in [0, 0.1) is 5.82 Å². The summed E-state index contributed by atoms with van der Waals surface area (Å²) in [6.45, 7) is 0. The molecule has 1 aromatic heterocycles. The van der Waals surface area contributed by atoms with Gasteiger partial charge in [-0.25, -0.2) is 4.39 Å². The Hall–Kier alpha value is -1.43. The summed E-state index contributed by atoms with van der Waals surface area (Å²) in [7, 11) is 0.